The van der Waals surface area contributed by atoms with Crippen molar-refractivity contribution in [3.8, 4) is 5.75 Å². The van der Waals surface area contributed by atoms with Gasteiger partial charge in [0.05, 0.1) is 44.1 Å². The smallest absolute Gasteiger partial charge is 0.276 e. The zero-order valence-electron chi connectivity index (χ0n) is 19.6. The quantitative estimate of drug-likeness (QED) is 0.318. The molecular weight excluding hydrogens is 460 g/mol. The molecule has 35 heavy (non-hydrogen) atoms. The molecule has 13 heteroatoms. The molecule has 4 atom stereocenters. The van der Waals surface area contributed by atoms with E-state index in [-0.39, 0.29) is 24.9 Å². The topological polar surface area (TPSA) is 170 Å². The highest BCUT2D eigenvalue weighted by Gasteiger charge is 2.42. The molecule has 2 aliphatic rings. The van der Waals surface area contributed by atoms with Crippen LogP contribution in [0, 0.1) is 16.0 Å². The number of hydrogen-bond donors (Lipinski definition) is 3. The molecule has 1 saturated heterocycles. The van der Waals surface area contributed by atoms with Crippen molar-refractivity contribution in [2.24, 2.45) is 5.92 Å². The van der Waals surface area contributed by atoms with Gasteiger partial charge in [-0.2, -0.15) is 0 Å². The summed E-state index contributed by atoms with van der Waals surface area (Å²) in [6.07, 6.45) is 0.238. The molecule has 2 aliphatic heterocycles. The van der Waals surface area contributed by atoms with E-state index in [2.05, 4.69) is 9.97 Å². The van der Waals surface area contributed by atoms with E-state index < -0.39 is 23.4 Å². The number of aromatic nitrogens is 2. The number of fused-ring (bicyclic) bond motifs is 1. The van der Waals surface area contributed by atoms with Gasteiger partial charge in [0.1, 0.15) is 36.8 Å². The summed E-state index contributed by atoms with van der Waals surface area (Å²) >= 11 is 0. The second-order valence-corrected chi connectivity index (χ2v) is 8.76. The Labute approximate surface area is 202 Å². The molecule has 0 saturated carbocycles. The number of nitrogens with zero attached hydrogens (tertiary/aromatic N) is 5. The van der Waals surface area contributed by atoms with Gasteiger partial charge in [-0.25, -0.2) is 9.97 Å². The molecule has 190 valence electrons. The summed E-state index contributed by atoms with van der Waals surface area (Å²) in [5, 5.41) is 31.0. The van der Waals surface area contributed by atoms with Crippen LogP contribution in [0.25, 0.3) is 0 Å². The first kappa shape index (κ1) is 24.9. The molecule has 0 radical (unpaired) electrons. The number of rotatable bonds is 10. The molecule has 0 bridgehead atoms. The van der Waals surface area contributed by atoms with Gasteiger partial charge in [-0.05, 0) is 24.5 Å². The first-order chi connectivity index (χ1) is 16.8. The Balaban J connectivity index is 1.38. The Morgan fingerprint density at radius 3 is 2.89 bits per heavy atom. The number of nitro benzene ring substituents is 1. The molecule has 3 heterocycles. The Morgan fingerprint density at radius 2 is 2.20 bits per heavy atom. The van der Waals surface area contributed by atoms with Crippen LogP contribution in [0.4, 0.5) is 23.0 Å². The Hall–Kier alpha value is -3.26. The maximum atomic E-state index is 11.5. The number of benzene rings is 1. The summed E-state index contributed by atoms with van der Waals surface area (Å²) in [4.78, 5) is 23.2. The van der Waals surface area contributed by atoms with E-state index in [9.17, 15) is 20.3 Å². The van der Waals surface area contributed by atoms with Crippen molar-refractivity contribution >= 4 is 23.0 Å². The van der Waals surface area contributed by atoms with Crippen LogP contribution in [0.15, 0.2) is 24.5 Å². The van der Waals surface area contributed by atoms with Gasteiger partial charge in [0.15, 0.2) is 11.6 Å². The SMILES string of the molecule is COc1ccc(CC(C)COCN2CN([C@H]3CC(O)[C@@H](CO)O3)c3ncnc(N)c32)c([N+](=O)[O-])c1. The molecule has 1 aromatic carbocycles. The molecule has 1 aromatic heterocycles. The maximum Gasteiger partial charge on any atom is 0.276 e. The monoisotopic (exact) mass is 490 g/mol. The lowest BCUT2D eigenvalue weighted by molar-refractivity contribution is -0.385. The maximum absolute atomic E-state index is 11.5. The zero-order valence-corrected chi connectivity index (χ0v) is 19.6. The van der Waals surface area contributed by atoms with Crippen LogP contribution in [0.3, 0.4) is 0 Å². The summed E-state index contributed by atoms with van der Waals surface area (Å²) in [6.45, 7) is 2.58. The van der Waals surface area contributed by atoms with Crippen molar-refractivity contribution in [2.75, 3.05) is 49.3 Å². The minimum absolute atomic E-state index is 0.00302. The minimum atomic E-state index is -0.777. The number of ether oxygens (including phenoxy) is 3. The van der Waals surface area contributed by atoms with Gasteiger partial charge in [-0.1, -0.05) is 6.92 Å². The third-order valence-electron chi connectivity index (χ3n) is 6.18. The van der Waals surface area contributed by atoms with Crippen molar-refractivity contribution in [1.82, 2.24) is 9.97 Å². The summed E-state index contributed by atoms with van der Waals surface area (Å²) in [6, 6.07) is 4.83. The summed E-state index contributed by atoms with van der Waals surface area (Å²) < 4.78 is 16.8. The van der Waals surface area contributed by atoms with Gasteiger partial charge in [-0.15, -0.1) is 0 Å². The van der Waals surface area contributed by atoms with Crippen molar-refractivity contribution in [3.05, 3.63) is 40.2 Å². The van der Waals surface area contributed by atoms with Crippen LogP contribution in [0.1, 0.15) is 18.9 Å². The van der Waals surface area contributed by atoms with Crippen LogP contribution < -0.4 is 20.3 Å². The normalized spacial score (nSPS) is 22.3. The number of nitrogens with two attached hydrogens (primary N) is 1. The Kier molecular flexibility index (Phi) is 7.50. The number of aliphatic hydroxyl groups excluding tert-OH is 2. The van der Waals surface area contributed by atoms with Crippen molar-refractivity contribution < 1.29 is 29.3 Å². The van der Waals surface area contributed by atoms with Gasteiger partial charge in [-0.3, -0.25) is 10.1 Å². The molecule has 2 unspecified atom stereocenters. The average molecular weight is 491 g/mol. The molecule has 1 fully saturated rings. The number of nitrogen functional groups attached to an aromatic ring is 1. The summed E-state index contributed by atoms with van der Waals surface area (Å²) in [5.41, 5.74) is 7.36. The van der Waals surface area contributed by atoms with E-state index in [0.717, 1.165) is 0 Å². The number of methoxy groups -OCH3 is 1. The van der Waals surface area contributed by atoms with Crippen molar-refractivity contribution in [1.29, 1.82) is 0 Å². The van der Waals surface area contributed by atoms with E-state index in [1.54, 1.807) is 12.1 Å². The van der Waals surface area contributed by atoms with Gasteiger partial charge in [0.25, 0.3) is 5.69 Å². The Morgan fingerprint density at radius 1 is 1.40 bits per heavy atom. The average Bonchev–Trinajstić information content (AvgIpc) is 3.40. The van der Waals surface area contributed by atoms with Gasteiger partial charge >= 0.3 is 0 Å². The lowest BCUT2D eigenvalue weighted by Crippen LogP contribution is -2.40. The first-order valence-corrected chi connectivity index (χ1v) is 11.3. The van der Waals surface area contributed by atoms with Gasteiger partial charge < -0.3 is 40.0 Å². The lowest BCUT2D eigenvalue weighted by Gasteiger charge is -2.26. The molecule has 0 aliphatic carbocycles. The fourth-order valence-corrected chi connectivity index (χ4v) is 4.43. The Bertz CT molecular complexity index is 1060. The highest BCUT2D eigenvalue weighted by molar-refractivity contribution is 5.81. The summed E-state index contributed by atoms with van der Waals surface area (Å²) in [5.74, 6) is 1.30. The molecule has 0 spiro atoms. The van der Waals surface area contributed by atoms with Crippen LogP contribution in [0.2, 0.25) is 0 Å². The van der Waals surface area contributed by atoms with Crippen molar-refractivity contribution in [2.45, 2.75) is 38.2 Å². The highest BCUT2D eigenvalue weighted by atomic mass is 16.6. The number of aliphatic hydroxyl groups is 2. The molecule has 4 rings (SSSR count). The summed E-state index contributed by atoms with van der Waals surface area (Å²) in [7, 11) is 1.47. The predicted molar refractivity (Wildman–Crippen MR) is 126 cm³/mol. The second kappa shape index (κ2) is 10.6. The molecule has 0 amide bonds. The zero-order chi connectivity index (χ0) is 25.1. The fraction of sp³-hybridized carbons (Fsp3) is 0.545. The fourth-order valence-electron chi connectivity index (χ4n) is 4.43. The minimum Gasteiger partial charge on any atom is -0.497 e. The van der Waals surface area contributed by atoms with E-state index in [1.807, 2.05) is 16.7 Å². The number of hydrogen-bond acceptors (Lipinski definition) is 12. The largest absolute Gasteiger partial charge is 0.497 e. The third-order valence-corrected chi connectivity index (χ3v) is 6.18. The van der Waals surface area contributed by atoms with Crippen LogP contribution >= 0.6 is 0 Å². The van der Waals surface area contributed by atoms with Crippen LogP contribution in [-0.2, 0) is 15.9 Å². The third kappa shape index (κ3) is 5.22. The predicted octanol–water partition coefficient (Wildman–Crippen LogP) is 0.881. The number of nitro groups is 1. The standard InChI is InChI=1S/C22H30N6O7/c1-13(5-14-3-4-15(33-2)6-16(14)28(31)32)9-34-12-26-11-27(19-7-17(30)18(8-29)35-19)22-20(26)21(23)24-10-25-22/h3-4,6,10,13,17-19,29-30H,5,7-9,11-12H2,1-2H3,(H2,23,24,25)/t13?,17?,18-,19-/m1/s1. The molecule has 2 aromatic rings. The van der Waals surface area contributed by atoms with Crippen LogP contribution in [0.5, 0.6) is 5.75 Å². The number of anilines is 3. The van der Waals surface area contributed by atoms with E-state index in [1.165, 1.54) is 19.5 Å². The molecule has 4 N–H and O–H groups in total. The van der Waals surface area contributed by atoms with Gasteiger partial charge in [0, 0.05) is 12.0 Å². The van der Waals surface area contributed by atoms with Gasteiger partial charge in [0.2, 0.25) is 0 Å². The first-order valence-electron chi connectivity index (χ1n) is 11.3. The molecular formula is C22H30N6O7. The lowest BCUT2D eigenvalue weighted by atomic mass is 10.0. The second-order valence-electron chi connectivity index (χ2n) is 8.76. The van der Waals surface area contributed by atoms with E-state index in [4.69, 9.17) is 19.9 Å². The van der Waals surface area contributed by atoms with E-state index >= 15 is 0 Å². The van der Waals surface area contributed by atoms with E-state index in [0.29, 0.717) is 54.8 Å². The van der Waals surface area contributed by atoms with Crippen LogP contribution in [-0.4, -0.2) is 77.3 Å². The van der Waals surface area contributed by atoms with Crippen molar-refractivity contribution in [3.63, 3.8) is 0 Å². The highest BCUT2D eigenvalue weighted by Crippen LogP contribution is 2.40. The molecule has 13 nitrogen and oxygen atoms in total.